The minimum absolute atomic E-state index is 0.129. The molecule has 0 saturated carbocycles. The molecule has 0 heterocycles. The maximum absolute atomic E-state index is 11.8. The minimum Gasteiger partial charge on any atom is -0.452 e. The third-order valence-corrected chi connectivity index (χ3v) is 3.48. The monoisotopic (exact) mass is 356 g/mol. The number of carbonyl (C=O) groups is 3. The van der Waals surface area contributed by atoms with Crippen LogP contribution in [-0.2, 0) is 25.1 Å². The fraction of sp³-hybridized carbons (Fsp3) is 0.400. The number of hydrogen-bond acceptors (Lipinski definition) is 6. The normalized spacial score (nSPS) is 11.0. The summed E-state index contributed by atoms with van der Waals surface area (Å²) in [6.45, 7) is 2.87. The van der Waals surface area contributed by atoms with Gasteiger partial charge in [0, 0.05) is 12.3 Å². The van der Waals surface area contributed by atoms with Crippen LogP contribution in [0.2, 0.25) is 0 Å². The second-order valence-corrected chi connectivity index (χ2v) is 7.66. The van der Waals surface area contributed by atoms with Gasteiger partial charge in [-0.1, -0.05) is 12.1 Å². The van der Waals surface area contributed by atoms with E-state index in [0.29, 0.717) is 5.56 Å². The lowest BCUT2D eigenvalue weighted by Gasteiger charge is -2.09. The molecule has 9 heteroatoms. The molecule has 2 N–H and O–H groups in total. The molecule has 0 bridgehead atoms. The van der Waals surface area contributed by atoms with Crippen molar-refractivity contribution in [2.75, 3.05) is 12.9 Å². The van der Waals surface area contributed by atoms with Crippen molar-refractivity contribution in [3.63, 3.8) is 0 Å². The maximum atomic E-state index is 11.8. The highest BCUT2D eigenvalue weighted by Gasteiger charge is 2.13. The van der Waals surface area contributed by atoms with Crippen LogP contribution in [-0.4, -0.2) is 45.2 Å². The molecule has 0 aliphatic carbocycles. The number of esters is 1. The second kappa shape index (κ2) is 8.44. The van der Waals surface area contributed by atoms with Gasteiger partial charge >= 0.3 is 12.0 Å². The lowest BCUT2D eigenvalue weighted by Crippen LogP contribution is -2.44. The van der Waals surface area contributed by atoms with Crippen LogP contribution in [0.1, 0.15) is 29.8 Å². The van der Waals surface area contributed by atoms with Crippen LogP contribution in [0.5, 0.6) is 0 Å². The summed E-state index contributed by atoms with van der Waals surface area (Å²) in [5.41, 5.74) is 0.712. The first-order chi connectivity index (χ1) is 11.1. The highest BCUT2D eigenvalue weighted by atomic mass is 32.2. The Morgan fingerprint density at radius 2 is 1.71 bits per heavy atom. The SMILES string of the molecule is CC(C)NC(=O)NC(=O)COC(=O)c1ccc(CS(C)(=O)=O)cc1. The van der Waals surface area contributed by atoms with E-state index in [1.807, 2.05) is 5.32 Å². The van der Waals surface area contributed by atoms with E-state index in [4.69, 9.17) is 4.74 Å². The summed E-state index contributed by atoms with van der Waals surface area (Å²) < 4.78 is 27.2. The van der Waals surface area contributed by atoms with E-state index in [-0.39, 0.29) is 17.4 Å². The quantitative estimate of drug-likeness (QED) is 0.721. The van der Waals surface area contributed by atoms with Crippen LogP contribution in [0.4, 0.5) is 4.79 Å². The molecule has 1 rings (SSSR count). The summed E-state index contributed by atoms with van der Waals surface area (Å²) in [5, 5.41) is 4.48. The molecular formula is C15H20N2O6S. The van der Waals surface area contributed by atoms with Crippen LogP contribution in [0, 0.1) is 0 Å². The summed E-state index contributed by atoms with van der Waals surface area (Å²) in [6.07, 6.45) is 1.11. The second-order valence-electron chi connectivity index (χ2n) is 5.52. The average Bonchev–Trinajstić information content (AvgIpc) is 2.42. The van der Waals surface area contributed by atoms with Gasteiger partial charge < -0.3 is 10.1 Å². The molecule has 1 aromatic carbocycles. The largest absolute Gasteiger partial charge is 0.452 e. The lowest BCUT2D eigenvalue weighted by atomic mass is 10.1. The molecule has 0 fully saturated rings. The van der Waals surface area contributed by atoms with Gasteiger partial charge in [0.25, 0.3) is 5.91 Å². The number of urea groups is 1. The molecule has 1 aromatic rings. The highest BCUT2D eigenvalue weighted by molar-refractivity contribution is 7.89. The molecule has 0 saturated heterocycles. The molecule has 0 atom stereocenters. The molecule has 3 amide bonds. The number of imide groups is 1. The van der Waals surface area contributed by atoms with Gasteiger partial charge in [0.05, 0.1) is 11.3 Å². The van der Waals surface area contributed by atoms with Crippen molar-refractivity contribution in [2.45, 2.75) is 25.6 Å². The van der Waals surface area contributed by atoms with E-state index in [0.717, 1.165) is 6.26 Å². The number of sulfone groups is 1. The number of nitrogens with one attached hydrogen (secondary N) is 2. The van der Waals surface area contributed by atoms with Crippen LogP contribution < -0.4 is 10.6 Å². The van der Waals surface area contributed by atoms with Crippen molar-refractivity contribution >= 4 is 27.7 Å². The molecular weight excluding hydrogens is 336 g/mol. The number of benzene rings is 1. The number of hydrogen-bond donors (Lipinski definition) is 2. The number of ether oxygens (including phenoxy) is 1. The van der Waals surface area contributed by atoms with Crippen molar-refractivity contribution in [1.29, 1.82) is 0 Å². The Balaban J connectivity index is 2.50. The summed E-state index contributed by atoms with van der Waals surface area (Å²) in [6, 6.07) is 5.00. The summed E-state index contributed by atoms with van der Waals surface area (Å²) >= 11 is 0. The Morgan fingerprint density at radius 3 is 2.21 bits per heavy atom. The van der Waals surface area contributed by atoms with Gasteiger partial charge in [0.1, 0.15) is 0 Å². The van der Waals surface area contributed by atoms with Crippen molar-refractivity contribution in [3.8, 4) is 0 Å². The third-order valence-electron chi connectivity index (χ3n) is 2.63. The fourth-order valence-corrected chi connectivity index (χ4v) is 2.51. The molecule has 0 aliphatic heterocycles. The van der Waals surface area contributed by atoms with E-state index in [1.165, 1.54) is 24.3 Å². The zero-order valence-corrected chi connectivity index (χ0v) is 14.5. The van der Waals surface area contributed by atoms with Gasteiger partial charge in [0.15, 0.2) is 16.4 Å². The van der Waals surface area contributed by atoms with Crippen molar-refractivity contribution < 1.29 is 27.5 Å². The van der Waals surface area contributed by atoms with Gasteiger partial charge in [-0.15, -0.1) is 0 Å². The maximum Gasteiger partial charge on any atom is 0.338 e. The van der Waals surface area contributed by atoms with E-state index in [1.54, 1.807) is 13.8 Å². The van der Waals surface area contributed by atoms with Gasteiger partial charge in [-0.3, -0.25) is 10.1 Å². The van der Waals surface area contributed by atoms with Gasteiger partial charge in [0.2, 0.25) is 0 Å². The topological polar surface area (TPSA) is 119 Å². The summed E-state index contributed by atoms with van der Waals surface area (Å²) in [5.74, 6) is -1.63. The van der Waals surface area contributed by atoms with Gasteiger partial charge in [-0.25, -0.2) is 18.0 Å². The van der Waals surface area contributed by atoms with E-state index in [9.17, 15) is 22.8 Å². The smallest absolute Gasteiger partial charge is 0.338 e. The van der Waals surface area contributed by atoms with Crippen molar-refractivity contribution in [3.05, 3.63) is 35.4 Å². The number of carbonyl (C=O) groups excluding carboxylic acids is 3. The molecule has 24 heavy (non-hydrogen) atoms. The Morgan fingerprint density at radius 1 is 1.12 bits per heavy atom. The molecule has 132 valence electrons. The van der Waals surface area contributed by atoms with E-state index in [2.05, 4.69) is 5.32 Å². The van der Waals surface area contributed by atoms with Gasteiger partial charge in [-0.05, 0) is 31.5 Å². The Labute approximate surface area is 140 Å². The first-order valence-electron chi connectivity index (χ1n) is 7.11. The lowest BCUT2D eigenvalue weighted by molar-refractivity contribution is -0.123. The Hall–Kier alpha value is -2.42. The minimum atomic E-state index is -3.16. The molecule has 0 aromatic heterocycles. The van der Waals surface area contributed by atoms with E-state index < -0.39 is 34.4 Å². The molecule has 0 unspecified atom stereocenters. The number of rotatable bonds is 6. The first-order valence-corrected chi connectivity index (χ1v) is 9.17. The fourth-order valence-electron chi connectivity index (χ4n) is 1.72. The molecule has 0 aliphatic rings. The molecule has 8 nitrogen and oxygen atoms in total. The standard InChI is InChI=1S/C15H20N2O6S/c1-10(2)16-15(20)17-13(18)8-23-14(19)12-6-4-11(5-7-12)9-24(3,21)22/h4-7,10H,8-9H2,1-3H3,(H2,16,17,18,20). The van der Waals surface area contributed by atoms with Crippen molar-refractivity contribution in [2.24, 2.45) is 0 Å². The Kier molecular flexibility index (Phi) is 6.90. The van der Waals surface area contributed by atoms with Crippen molar-refractivity contribution in [1.82, 2.24) is 10.6 Å². The summed E-state index contributed by atoms with van der Waals surface area (Å²) in [4.78, 5) is 34.6. The van der Waals surface area contributed by atoms with Crippen LogP contribution in [0.25, 0.3) is 0 Å². The van der Waals surface area contributed by atoms with Crippen LogP contribution >= 0.6 is 0 Å². The van der Waals surface area contributed by atoms with E-state index >= 15 is 0 Å². The van der Waals surface area contributed by atoms with Crippen LogP contribution in [0.15, 0.2) is 24.3 Å². The molecule has 0 spiro atoms. The third kappa shape index (κ3) is 7.73. The van der Waals surface area contributed by atoms with Gasteiger partial charge in [-0.2, -0.15) is 0 Å². The first kappa shape index (κ1) is 19.6. The zero-order valence-electron chi connectivity index (χ0n) is 13.7. The zero-order chi connectivity index (χ0) is 18.3. The number of amides is 3. The average molecular weight is 356 g/mol. The van der Waals surface area contributed by atoms with Crippen LogP contribution in [0.3, 0.4) is 0 Å². The Bertz CT molecular complexity index is 710. The predicted octanol–water partition coefficient (Wildman–Crippen LogP) is 0.622. The summed E-state index contributed by atoms with van der Waals surface area (Å²) in [7, 11) is -3.16. The predicted molar refractivity (Wildman–Crippen MR) is 87.1 cm³/mol. The molecule has 0 radical (unpaired) electrons. The highest BCUT2D eigenvalue weighted by Crippen LogP contribution is 2.09.